The van der Waals surface area contributed by atoms with Gasteiger partial charge < -0.3 is 0 Å². The van der Waals surface area contributed by atoms with Gasteiger partial charge in [-0.05, 0) is 12.8 Å². The van der Waals surface area contributed by atoms with Crippen LogP contribution >= 0.6 is 92.8 Å². The zero-order valence-electron chi connectivity index (χ0n) is 10.8. The molecular formula is C12H18Cl8. The second-order valence-corrected chi connectivity index (χ2v) is 11.1. The van der Waals surface area contributed by atoms with Gasteiger partial charge in [0, 0.05) is 23.6 Å². The molecule has 0 fully saturated rings. The molecule has 122 valence electrons. The Labute approximate surface area is 161 Å². The summed E-state index contributed by atoms with van der Waals surface area (Å²) in [5.74, 6) is 0. The minimum absolute atomic E-state index is 0.104. The van der Waals surface area contributed by atoms with E-state index < -0.39 is 7.59 Å². The third kappa shape index (κ3) is 16.7. The van der Waals surface area contributed by atoms with E-state index in [1.807, 2.05) is 0 Å². The molecule has 2 atom stereocenters. The van der Waals surface area contributed by atoms with Gasteiger partial charge in [0.2, 0.25) is 0 Å². The summed E-state index contributed by atoms with van der Waals surface area (Å²) in [5, 5.41) is -0.208. The van der Waals surface area contributed by atoms with Gasteiger partial charge in [-0.15, -0.1) is 23.2 Å². The molecule has 8 heteroatoms. The quantitative estimate of drug-likeness (QED) is 0.248. The molecule has 0 aromatic heterocycles. The monoisotopic (exact) mass is 442 g/mol. The van der Waals surface area contributed by atoms with Crippen LogP contribution in [-0.2, 0) is 0 Å². The van der Waals surface area contributed by atoms with E-state index >= 15 is 0 Å². The predicted octanol–water partition coefficient (Wildman–Crippen LogP) is 8.06. The minimum atomic E-state index is -1.27. The van der Waals surface area contributed by atoms with Gasteiger partial charge in [-0.1, -0.05) is 95.3 Å². The van der Waals surface area contributed by atoms with Crippen molar-refractivity contribution >= 4 is 92.8 Å². The number of alkyl halides is 8. The van der Waals surface area contributed by atoms with Crippen molar-refractivity contribution in [1.82, 2.24) is 0 Å². The number of halogens is 8. The molecule has 20 heavy (non-hydrogen) atoms. The Hall–Kier alpha value is 2.32. The van der Waals surface area contributed by atoms with Gasteiger partial charge in [-0.3, -0.25) is 0 Å². The Morgan fingerprint density at radius 2 is 0.850 bits per heavy atom. The van der Waals surface area contributed by atoms with Gasteiger partial charge in [0.05, 0.1) is 0 Å². The Bertz CT molecular complexity index is 219. The first kappa shape index (κ1) is 22.3. The average Bonchev–Trinajstić information content (AvgIpc) is 2.17. The lowest BCUT2D eigenvalue weighted by molar-refractivity contribution is 0.560. The molecule has 0 amide bonds. The maximum Gasteiger partial charge on any atom is 0.192 e. The number of hydrogen-bond acceptors (Lipinski definition) is 0. The molecule has 0 nitrogen and oxygen atoms in total. The predicted molar refractivity (Wildman–Crippen MR) is 96.8 cm³/mol. The molecular weight excluding hydrogens is 428 g/mol. The van der Waals surface area contributed by atoms with Crippen molar-refractivity contribution in [2.75, 3.05) is 0 Å². The summed E-state index contributed by atoms with van der Waals surface area (Å²) < 4.78 is -2.54. The van der Waals surface area contributed by atoms with Crippen molar-refractivity contribution in [3.8, 4) is 0 Å². The van der Waals surface area contributed by atoms with Crippen molar-refractivity contribution in [2.45, 2.75) is 69.7 Å². The zero-order valence-corrected chi connectivity index (χ0v) is 16.9. The molecule has 0 radical (unpaired) electrons. The van der Waals surface area contributed by atoms with E-state index in [9.17, 15) is 0 Å². The van der Waals surface area contributed by atoms with Crippen molar-refractivity contribution < 1.29 is 0 Å². The maximum atomic E-state index is 6.08. The highest BCUT2D eigenvalue weighted by Gasteiger charge is 2.24. The van der Waals surface area contributed by atoms with Crippen LogP contribution in [0, 0.1) is 0 Å². The van der Waals surface area contributed by atoms with Crippen molar-refractivity contribution in [3.05, 3.63) is 0 Å². The van der Waals surface area contributed by atoms with E-state index in [1.54, 1.807) is 0 Å². The number of rotatable bonds is 9. The summed E-state index contributed by atoms with van der Waals surface area (Å²) in [6.45, 7) is 0. The van der Waals surface area contributed by atoms with E-state index in [0.29, 0.717) is 12.8 Å². The maximum absolute atomic E-state index is 6.08. The Kier molecular flexibility index (Phi) is 12.2. The van der Waals surface area contributed by atoms with E-state index in [4.69, 9.17) is 92.8 Å². The SMILES string of the molecule is ClC(CCCCCCC(Cl)CC(Cl)(Cl)Cl)CC(Cl)(Cl)Cl. The van der Waals surface area contributed by atoms with Crippen LogP contribution in [0.15, 0.2) is 0 Å². The van der Waals surface area contributed by atoms with Gasteiger partial charge in [0.15, 0.2) is 7.59 Å². The minimum Gasteiger partial charge on any atom is -0.123 e. The largest absolute Gasteiger partial charge is 0.192 e. The first-order chi connectivity index (χ1) is 8.99. The number of unbranched alkanes of at least 4 members (excludes halogenated alkanes) is 3. The average molecular weight is 446 g/mol. The van der Waals surface area contributed by atoms with E-state index in [0.717, 1.165) is 38.5 Å². The summed E-state index contributed by atoms with van der Waals surface area (Å²) in [7, 11) is 0. The van der Waals surface area contributed by atoms with Crippen molar-refractivity contribution in [2.24, 2.45) is 0 Å². The molecule has 0 N–H and O–H groups in total. The highest BCUT2D eigenvalue weighted by atomic mass is 35.6. The third-order valence-electron chi connectivity index (χ3n) is 2.69. The van der Waals surface area contributed by atoms with Crippen LogP contribution in [-0.4, -0.2) is 18.3 Å². The Morgan fingerprint density at radius 3 is 1.10 bits per heavy atom. The van der Waals surface area contributed by atoms with Crippen LogP contribution in [0.25, 0.3) is 0 Å². The van der Waals surface area contributed by atoms with Crippen LogP contribution in [0.5, 0.6) is 0 Å². The molecule has 0 aromatic carbocycles. The smallest absolute Gasteiger partial charge is 0.123 e. The lowest BCUT2D eigenvalue weighted by Crippen LogP contribution is -2.12. The molecule has 0 aliphatic rings. The van der Waals surface area contributed by atoms with Crippen LogP contribution in [0.4, 0.5) is 0 Å². The van der Waals surface area contributed by atoms with Gasteiger partial charge in [-0.25, -0.2) is 0 Å². The molecule has 0 heterocycles. The van der Waals surface area contributed by atoms with E-state index in [1.165, 1.54) is 0 Å². The second-order valence-electron chi connectivity index (χ2n) is 4.82. The van der Waals surface area contributed by atoms with E-state index in [-0.39, 0.29) is 10.8 Å². The molecule has 2 unspecified atom stereocenters. The normalized spacial score (nSPS) is 16.2. The third-order valence-corrected chi connectivity index (χ3v) is 4.36. The highest BCUT2D eigenvalue weighted by Crippen LogP contribution is 2.35. The lowest BCUT2D eigenvalue weighted by Gasteiger charge is -2.16. The molecule has 0 aliphatic heterocycles. The Morgan fingerprint density at radius 1 is 0.550 bits per heavy atom. The molecule has 0 spiro atoms. The lowest BCUT2D eigenvalue weighted by atomic mass is 10.1. The van der Waals surface area contributed by atoms with Gasteiger partial charge in [0.25, 0.3) is 0 Å². The summed E-state index contributed by atoms with van der Waals surface area (Å²) in [5.41, 5.74) is 0. The van der Waals surface area contributed by atoms with Crippen LogP contribution in [0.1, 0.15) is 51.4 Å². The van der Waals surface area contributed by atoms with Crippen LogP contribution < -0.4 is 0 Å². The fourth-order valence-corrected chi connectivity index (χ4v) is 4.15. The molecule has 0 rings (SSSR count). The Balaban J connectivity index is 3.49. The summed E-state index contributed by atoms with van der Waals surface area (Å²) in [6.07, 6.45) is 6.57. The molecule has 0 saturated heterocycles. The van der Waals surface area contributed by atoms with E-state index in [2.05, 4.69) is 0 Å². The fraction of sp³-hybridized carbons (Fsp3) is 1.00. The summed E-state index contributed by atoms with van der Waals surface area (Å²) in [6, 6.07) is 0. The fourth-order valence-electron chi connectivity index (χ4n) is 1.79. The van der Waals surface area contributed by atoms with Crippen LogP contribution in [0.2, 0.25) is 0 Å². The van der Waals surface area contributed by atoms with Gasteiger partial charge in [0.1, 0.15) is 0 Å². The standard InChI is InChI=1S/C12H18Cl8/c13-9(7-11(15,16)17)5-3-1-2-4-6-10(14)8-12(18,19)20/h9-10H,1-8H2. The molecule has 0 bridgehead atoms. The van der Waals surface area contributed by atoms with Crippen molar-refractivity contribution in [1.29, 1.82) is 0 Å². The van der Waals surface area contributed by atoms with Crippen LogP contribution in [0.3, 0.4) is 0 Å². The first-order valence-electron chi connectivity index (χ1n) is 6.41. The summed E-state index contributed by atoms with van der Waals surface area (Å²) >= 11 is 46.2. The van der Waals surface area contributed by atoms with Gasteiger partial charge in [-0.2, -0.15) is 0 Å². The molecule has 0 aliphatic carbocycles. The van der Waals surface area contributed by atoms with Crippen molar-refractivity contribution in [3.63, 3.8) is 0 Å². The molecule has 0 saturated carbocycles. The first-order valence-corrected chi connectivity index (χ1v) is 9.55. The second kappa shape index (κ2) is 11.0. The topological polar surface area (TPSA) is 0 Å². The summed E-state index contributed by atoms with van der Waals surface area (Å²) in [4.78, 5) is 0. The van der Waals surface area contributed by atoms with Gasteiger partial charge >= 0.3 is 0 Å². The zero-order chi connectivity index (χ0) is 15.8. The molecule has 0 aromatic rings. The highest BCUT2D eigenvalue weighted by molar-refractivity contribution is 6.68. The number of hydrogen-bond donors (Lipinski definition) is 0.